The van der Waals surface area contributed by atoms with Crippen molar-refractivity contribution < 1.29 is 13.9 Å². The molecule has 0 N–H and O–H groups in total. The van der Waals surface area contributed by atoms with Crippen molar-refractivity contribution in [2.24, 2.45) is 0 Å². The van der Waals surface area contributed by atoms with E-state index < -0.39 is 4.92 Å². The van der Waals surface area contributed by atoms with Crippen LogP contribution in [0.4, 0.5) is 5.69 Å². The van der Waals surface area contributed by atoms with Crippen LogP contribution in [-0.2, 0) is 0 Å². The molecule has 0 radical (unpaired) electrons. The van der Waals surface area contributed by atoms with Gasteiger partial charge >= 0.3 is 0 Å². The van der Waals surface area contributed by atoms with E-state index in [0.717, 1.165) is 5.56 Å². The first kappa shape index (κ1) is 19.5. The van der Waals surface area contributed by atoms with Gasteiger partial charge in [0, 0.05) is 29.7 Å². The number of nitrogens with zero attached hydrogens (tertiary/aromatic N) is 3. The van der Waals surface area contributed by atoms with Gasteiger partial charge in [0.1, 0.15) is 11.8 Å². The van der Waals surface area contributed by atoms with Crippen molar-refractivity contribution in [1.82, 2.24) is 10.1 Å². The molecule has 4 aromatic rings. The quantitative estimate of drug-likeness (QED) is 0.337. The molecule has 0 atom stereocenters. The van der Waals surface area contributed by atoms with Gasteiger partial charge in [-0.3, -0.25) is 14.9 Å². The predicted octanol–water partition coefficient (Wildman–Crippen LogP) is 4.94. The van der Waals surface area contributed by atoms with E-state index in [-0.39, 0.29) is 22.5 Å². The van der Waals surface area contributed by atoms with Crippen molar-refractivity contribution in [1.29, 1.82) is 0 Å². The maximum absolute atomic E-state index is 13.0. The lowest BCUT2D eigenvalue weighted by molar-refractivity contribution is -0.384. The van der Waals surface area contributed by atoms with E-state index in [4.69, 9.17) is 20.5 Å². The van der Waals surface area contributed by atoms with E-state index in [1.54, 1.807) is 37.3 Å². The molecule has 0 aliphatic heterocycles. The number of fused-ring (bicyclic) bond motifs is 1. The van der Waals surface area contributed by atoms with Gasteiger partial charge in [-0.1, -0.05) is 16.8 Å². The molecular formula is C21H14ClN3O5. The molecule has 0 aliphatic rings. The number of benzene rings is 2. The maximum Gasteiger partial charge on any atom is 0.269 e. The number of rotatable bonds is 4. The average Bonchev–Trinajstić information content (AvgIpc) is 3.15. The van der Waals surface area contributed by atoms with Gasteiger partial charge in [-0.2, -0.15) is 4.98 Å². The van der Waals surface area contributed by atoms with Gasteiger partial charge in [0.15, 0.2) is 5.43 Å². The molecular weight excluding hydrogens is 410 g/mol. The van der Waals surface area contributed by atoms with Crippen LogP contribution in [0.1, 0.15) is 28.4 Å². The van der Waals surface area contributed by atoms with Crippen molar-refractivity contribution in [3.8, 4) is 0 Å². The minimum atomic E-state index is -0.491. The maximum atomic E-state index is 13.0. The van der Waals surface area contributed by atoms with E-state index in [1.807, 2.05) is 6.92 Å². The van der Waals surface area contributed by atoms with Crippen molar-refractivity contribution in [3.63, 3.8) is 0 Å². The van der Waals surface area contributed by atoms with E-state index in [2.05, 4.69) is 10.1 Å². The Morgan fingerprint density at radius 3 is 2.57 bits per heavy atom. The van der Waals surface area contributed by atoms with Crippen LogP contribution in [0.25, 0.3) is 22.6 Å². The lowest BCUT2D eigenvalue weighted by Crippen LogP contribution is -2.06. The summed E-state index contributed by atoms with van der Waals surface area (Å²) in [7, 11) is 0. The second kappa shape index (κ2) is 7.57. The van der Waals surface area contributed by atoms with Gasteiger partial charge in [-0.25, -0.2) is 0 Å². The van der Waals surface area contributed by atoms with Crippen LogP contribution >= 0.6 is 11.6 Å². The lowest BCUT2D eigenvalue weighted by atomic mass is 10.0. The van der Waals surface area contributed by atoms with Gasteiger partial charge in [-0.05, 0) is 48.4 Å². The van der Waals surface area contributed by atoms with Crippen LogP contribution in [-0.4, -0.2) is 15.1 Å². The van der Waals surface area contributed by atoms with Crippen molar-refractivity contribution in [2.45, 2.75) is 13.8 Å². The molecule has 0 saturated heterocycles. The SMILES string of the molecule is Cc1nc(/C(=C\c2coc3cc(C)c(Cl)cc3c2=O)c2ccc([N+](=O)[O-])cc2)no1. The molecule has 0 unspecified atom stereocenters. The monoisotopic (exact) mass is 423 g/mol. The molecule has 8 nitrogen and oxygen atoms in total. The lowest BCUT2D eigenvalue weighted by Gasteiger charge is -2.05. The zero-order valence-electron chi connectivity index (χ0n) is 15.9. The molecule has 0 amide bonds. The molecule has 4 rings (SSSR count). The first-order valence-corrected chi connectivity index (χ1v) is 9.20. The first-order valence-electron chi connectivity index (χ1n) is 8.82. The summed E-state index contributed by atoms with van der Waals surface area (Å²) in [4.78, 5) is 27.7. The summed E-state index contributed by atoms with van der Waals surface area (Å²) < 4.78 is 10.7. The van der Waals surface area contributed by atoms with Gasteiger partial charge in [0.2, 0.25) is 11.7 Å². The fourth-order valence-corrected chi connectivity index (χ4v) is 3.13. The molecule has 9 heteroatoms. The molecule has 0 fully saturated rings. The Labute approximate surface area is 174 Å². The van der Waals surface area contributed by atoms with E-state index in [1.165, 1.54) is 18.4 Å². The summed E-state index contributed by atoms with van der Waals surface area (Å²) in [6, 6.07) is 9.10. The van der Waals surface area contributed by atoms with Gasteiger partial charge in [0.25, 0.3) is 5.69 Å². The van der Waals surface area contributed by atoms with Crippen LogP contribution < -0.4 is 5.43 Å². The number of aromatic nitrogens is 2. The highest BCUT2D eigenvalue weighted by atomic mass is 35.5. The summed E-state index contributed by atoms with van der Waals surface area (Å²) in [5, 5.41) is 15.7. The third kappa shape index (κ3) is 3.60. The number of nitro groups is 1. The third-order valence-corrected chi connectivity index (χ3v) is 4.95. The average molecular weight is 424 g/mol. The molecule has 0 bridgehead atoms. The predicted molar refractivity (Wildman–Crippen MR) is 111 cm³/mol. The summed E-state index contributed by atoms with van der Waals surface area (Å²) in [5.41, 5.74) is 2.15. The van der Waals surface area contributed by atoms with Gasteiger partial charge in [-0.15, -0.1) is 0 Å². The smallest absolute Gasteiger partial charge is 0.269 e. The number of non-ortho nitro benzene ring substituents is 1. The minimum absolute atomic E-state index is 0.0578. The van der Waals surface area contributed by atoms with Crippen LogP contribution in [0.2, 0.25) is 5.02 Å². The normalized spacial score (nSPS) is 11.8. The summed E-state index contributed by atoms with van der Waals surface area (Å²) >= 11 is 6.17. The van der Waals surface area contributed by atoms with E-state index >= 15 is 0 Å². The summed E-state index contributed by atoms with van der Waals surface area (Å²) in [6.45, 7) is 3.46. The van der Waals surface area contributed by atoms with Gasteiger partial charge in [0.05, 0.1) is 15.9 Å². The summed E-state index contributed by atoms with van der Waals surface area (Å²) in [5.74, 6) is 0.577. The Kier molecular flexibility index (Phi) is 4.93. The second-order valence-corrected chi connectivity index (χ2v) is 7.02. The highest BCUT2D eigenvalue weighted by Gasteiger charge is 2.16. The highest BCUT2D eigenvalue weighted by molar-refractivity contribution is 6.32. The van der Waals surface area contributed by atoms with E-state index in [9.17, 15) is 14.9 Å². The standard InChI is InChI=1S/C21H14ClN3O5/c1-11-7-19-17(9-18(11)22)20(26)14(10-29-19)8-16(21-23-12(2)30-24-21)13-3-5-15(6-4-13)25(27)28/h3-10H,1-2H3/b16-8-. The van der Waals surface area contributed by atoms with Crippen LogP contribution in [0, 0.1) is 24.0 Å². The largest absolute Gasteiger partial charge is 0.463 e. The van der Waals surface area contributed by atoms with Crippen molar-refractivity contribution in [2.75, 3.05) is 0 Å². The molecule has 2 aromatic heterocycles. The Bertz CT molecular complexity index is 1370. The number of halogens is 1. The second-order valence-electron chi connectivity index (χ2n) is 6.62. The fourth-order valence-electron chi connectivity index (χ4n) is 2.97. The van der Waals surface area contributed by atoms with E-state index in [0.29, 0.717) is 33.0 Å². The van der Waals surface area contributed by atoms with Crippen LogP contribution in [0.3, 0.4) is 0 Å². The number of hydrogen-bond donors (Lipinski definition) is 0. The molecule has 2 aromatic carbocycles. The number of hydrogen-bond acceptors (Lipinski definition) is 7. The Morgan fingerprint density at radius 1 is 1.20 bits per heavy atom. The number of nitro benzene ring substituents is 1. The van der Waals surface area contributed by atoms with Crippen molar-refractivity contribution >= 4 is 39.9 Å². The molecule has 2 heterocycles. The third-order valence-electron chi connectivity index (χ3n) is 4.54. The minimum Gasteiger partial charge on any atom is -0.463 e. The zero-order valence-corrected chi connectivity index (χ0v) is 16.6. The number of aryl methyl sites for hydroxylation is 2. The molecule has 0 aliphatic carbocycles. The summed E-state index contributed by atoms with van der Waals surface area (Å²) in [6.07, 6.45) is 2.90. The fraction of sp³-hybridized carbons (Fsp3) is 0.0952. The molecule has 0 saturated carbocycles. The first-order chi connectivity index (χ1) is 14.3. The Hall–Kier alpha value is -3.78. The topological polar surface area (TPSA) is 112 Å². The molecule has 150 valence electrons. The van der Waals surface area contributed by atoms with Gasteiger partial charge < -0.3 is 8.94 Å². The molecule has 30 heavy (non-hydrogen) atoms. The van der Waals surface area contributed by atoms with Crippen LogP contribution in [0.5, 0.6) is 0 Å². The highest BCUT2D eigenvalue weighted by Crippen LogP contribution is 2.27. The Balaban J connectivity index is 1.91. The van der Waals surface area contributed by atoms with Crippen LogP contribution in [0.15, 0.2) is 56.4 Å². The Morgan fingerprint density at radius 2 is 1.93 bits per heavy atom. The zero-order chi connectivity index (χ0) is 21.4. The molecule has 0 spiro atoms. The van der Waals surface area contributed by atoms with Crippen molar-refractivity contribution in [3.05, 3.63) is 96.4 Å².